The number of fused-ring (bicyclic) bond motifs is 1. The number of nitrogens with one attached hydrogen (secondary N) is 1. The molecule has 0 aliphatic rings. The van der Waals surface area contributed by atoms with E-state index in [0.29, 0.717) is 10.7 Å². The van der Waals surface area contributed by atoms with Gasteiger partial charge in [0.05, 0.1) is 10.2 Å². The third-order valence-electron chi connectivity index (χ3n) is 3.44. The van der Waals surface area contributed by atoms with Crippen molar-refractivity contribution in [1.82, 2.24) is 4.98 Å². The van der Waals surface area contributed by atoms with Crippen molar-refractivity contribution in [2.45, 2.75) is 18.7 Å². The molecule has 2 aromatic carbocycles. The molecule has 1 aromatic heterocycles. The highest BCUT2D eigenvalue weighted by molar-refractivity contribution is 7.98. The number of carbonyl (C=O) groups excluding carboxylic acids is 1. The van der Waals surface area contributed by atoms with Crippen LogP contribution in [0, 0.1) is 13.8 Å². The molecule has 1 heterocycles. The maximum atomic E-state index is 12.4. The smallest absolute Gasteiger partial charge is 0.257 e. The van der Waals surface area contributed by atoms with Crippen LogP contribution in [0.1, 0.15) is 21.5 Å². The third kappa shape index (κ3) is 3.00. The maximum absolute atomic E-state index is 12.4. The molecule has 112 valence electrons. The summed E-state index contributed by atoms with van der Waals surface area (Å²) in [5.41, 5.74) is 3.73. The van der Waals surface area contributed by atoms with Gasteiger partial charge in [0.1, 0.15) is 0 Å². The number of benzene rings is 2. The Morgan fingerprint density at radius 2 is 2.00 bits per heavy atom. The van der Waals surface area contributed by atoms with E-state index in [1.165, 1.54) is 16.2 Å². The van der Waals surface area contributed by atoms with Gasteiger partial charge in [-0.2, -0.15) is 0 Å². The number of hydrogen-bond acceptors (Lipinski definition) is 4. The van der Waals surface area contributed by atoms with Gasteiger partial charge in [-0.25, -0.2) is 4.98 Å². The first kappa shape index (κ1) is 15.1. The Morgan fingerprint density at radius 1 is 1.18 bits per heavy atom. The number of amides is 1. The second-order valence-corrected chi connectivity index (χ2v) is 7.04. The van der Waals surface area contributed by atoms with Crippen LogP contribution in [0.3, 0.4) is 0 Å². The molecule has 22 heavy (non-hydrogen) atoms. The van der Waals surface area contributed by atoms with Crippen LogP contribution in [0.2, 0.25) is 0 Å². The number of aryl methyl sites for hydroxylation is 2. The van der Waals surface area contributed by atoms with Crippen molar-refractivity contribution >= 4 is 44.4 Å². The summed E-state index contributed by atoms with van der Waals surface area (Å²) in [6.07, 6.45) is 2.05. The summed E-state index contributed by atoms with van der Waals surface area (Å²) in [5.74, 6) is -0.110. The fourth-order valence-corrected chi connectivity index (χ4v) is 3.73. The molecule has 0 spiro atoms. The topological polar surface area (TPSA) is 42.0 Å². The van der Waals surface area contributed by atoms with Crippen molar-refractivity contribution in [1.29, 1.82) is 0 Å². The molecule has 0 aliphatic carbocycles. The van der Waals surface area contributed by atoms with Crippen molar-refractivity contribution in [3.05, 3.63) is 53.1 Å². The Hall–Kier alpha value is -1.85. The maximum Gasteiger partial charge on any atom is 0.257 e. The van der Waals surface area contributed by atoms with E-state index in [0.717, 1.165) is 21.3 Å². The van der Waals surface area contributed by atoms with Crippen LogP contribution in [0.5, 0.6) is 0 Å². The van der Waals surface area contributed by atoms with Crippen LogP contribution in [0.15, 0.2) is 41.3 Å². The molecule has 1 N–H and O–H groups in total. The molecule has 0 unspecified atom stereocenters. The molecule has 3 nitrogen and oxygen atoms in total. The van der Waals surface area contributed by atoms with Crippen molar-refractivity contribution < 1.29 is 4.79 Å². The quantitative estimate of drug-likeness (QED) is 0.696. The van der Waals surface area contributed by atoms with Crippen molar-refractivity contribution in [2.75, 3.05) is 11.6 Å². The average Bonchev–Trinajstić information content (AvgIpc) is 2.87. The summed E-state index contributed by atoms with van der Waals surface area (Å²) >= 11 is 3.20. The summed E-state index contributed by atoms with van der Waals surface area (Å²) < 4.78 is 1.09. The first-order chi connectivity index (χ1) is 10.6. The zero-order valence-electron chi connectivity index (χ0n) is 12.6. The molecular weight excluding hydrogens is 312 g/mol. The summed E-state index contributed by atoms with van der Waals surface area (Å²) in [5, 5.41) is 3.54. The Kier molecular flexibility index (Phi) is 4.18. The number of thiazole rings is 1. The van der Waals surface area contributed by atoms with E-state index in [1.54, 1.807) is 11.8 Å². The predicted octanol–water partition coefficient (Wildman–Crippen LogP) is 4.89. The number of nitrogens with zero attached hydrogens (tertiary/aromatic N) is 1. The molecule has 0 saturated heterocycles. The molecule has 0 radical (unpaired) electrons. The van der Waals surface area contributed by atoms with Crippen LogP contribution in [-0.2, 0) is 0 Å². The number of anilines is 1. The lowest BCUT2D eigenvalue weighted by atomic mass is 10.1. The molecule has 5 heteroatoms. The Bertz CT molecular complexity index is 855. The van der Waals surface area contributed by atoms with Gasteiger partial charge >= 0.3 is 0 Å². The number of hydrogen-bond donors (Lipinski definition) is 1. The Labute approximate surface area is 137 Å². The molecule has 0 saturated carbocycles. The lowest BCUT2D eigenvalue weighted by Crippen LogP contribution is -2.13. The number of thioether (sulfide) groups is 1. The molecule has 3 rings (SSSR count). The Morgan fingerprint density at radius 3 is 2.73 bits per heavy atom. The number of carbonyl (C=O) groups is 1. The van der Waals surface area contributed by atoms with E-state index >= 15 is 0 Å². The van der Waals surface area contributed by atoms with Crippen LogP contribution in [0.25, 0.3) is 10.2 Å². The van der Waals surface area contributed by atoms with Crippen molar-refractivity contribution in [2.24, 2.45) is 0 Å². The number of rotatable bonds is 3. The second kappa shape index (κ2) is 6.10. The molecule has 1 amide bonds. The summed E-state index contributed by atoms with van der Waals surface area (Å²) in [6.45, 7) is 3.97. The first-order valence-corrected chi connectivity index (χ1v) is 8.94. The van der Waals surface area contributed by atoms with E-state index in [2.05, 4.69) is 16.4 Å². The van der Waals surface area contributed by atoms with E-state index in [-0.39, 0.29) is 5.91 Å². The number of aromatic nitrogens is 1. The van der Waals surface area contributed by atoms with Gasteiger partial charge < -0.3 is 0 Å². The Balaban J connectivity index is 1.87. The summed E-state index contributed by atoms with van der Waals surface area (Å²) in [4.78, 5) is 18.1. The molecule has 0 fully saturated rings. The summed E-state index contributed by atoms with van der Waals surface area (Å²) in [7, 11) is 0. The van der Waals surface area contributed by atoms with Gasteiger partial charge in [0.15, 0.2) is 5.13 Å². The highest BCUT2D eigenvalue weighted by Gasteiger charge is 2.12. The fourth-order valence-electron chi connectivity index (χ4n) is 2.32. The minimum absolute atomic E-state index is 0.110. The van der Waals surface area contributed by atoms with Gasteiger partial charge in [0.25, 0.3) is 5.91 Å². The molecule has 3 aromatic rings. The zero-order valence-corrected chi connectivity index (χ0v) is 14.3. The molecule has 0 aliphatic heterocycles. The van der Waals surface area contributed by atoms with E-state index in [1.807, 2.05) is 50.4 Å². The van der Waals surface area contributed by atoms with Gasteiger partial charge in [-0.05, 0) is 49.9 Å². The van der Waals surface area contributed by atoms with E-state index in [9.17, 15) is 4.79 Å². The van der Waals surface area contributed by atoms with Crippen LogP contribution < -0.4 is 5.32 Å². The van der Waals surface area contributed by atoms with Gasteiger partial charge in [0.2, 0.25) is 0 Å². The van der Waals surface area contributed by atoms with Crippen LogP contribution >= 0.6 is 23.1 Å². The highest BCUT2D eigenvalue weighted by atomic mass is 32.2. The average molecular weight is 328 g/mol. The highest BCUT2D eigenvalue weighted by Crippen LogP contribution is 2.29. The minimum Gasteiger partial charge on any atom is -0.298 e. The molecular formula is C17H16N2OS2. The largest absolute Gasteiger partial charge is 0.298 e. The monoisotopic (exact) mass is 328 g/mol. The second-order valence-electron chi connectivity index (χ2n) is 5.13. The third-order valence-corrected chi connectivity index (χ3v) is 5.10. The minimum atomic E-state index is -0.110. The van der Waals surface area contributed by atoms with Gasteiger partial charge in [-0.3, -0.25) is 10.1 Å². The van der Waals surface area contributed by atoms with Crippen LogP contribution in [0.4, 0.5) is 5.13 Å². The molecule has 0 atom stereocenters. The lowest BCUT2D eigenvalue weighted by molar-refractivity contribution is 0.102. The fraction of sp³-hybridized carbons (Fsp3) is 0.176. The van der Waals surface area contributed by atoms with Gasteiger partial charge in [-0.15, -0.1) is 11.8 Å². The summed E-state index contributed by atoms with van der Waals surface area (Å²) in [6, 6.07) is 12.0. The molecule has 0 bridgehead atoms. The SMILES string of the molecule is CSc1ccc2nc(NC(=O)c3ccc(C)cc3C)sc2c1. The van der Waals surface area contributed by atoms with E-state index < -0.39 is 0 Å². The normalized spacial score (nSPS) is 10.9. The first-order valence-electron chi connectivity index (χ1n) is 6.90. The van der Waals surface area contributed by atoms with Crippen molar-refractivity contribution in [3.63, 3.8) is 0 Å². The zero-order chi connectivity index (χ0) is 15.7. The van der Waals surface area contributed by atoms with E-state index in [4.69, 9.17) is 0 Å². The van der Waals surface area contributed by atoms with Crippen LogP contribution in [-0.4, -0.2) is 17.1 Å². The van der Waals surface area contributed by atoms with Gasteiger partial charge in [0, 0.05) is 10.5 Å². The predicted molar refractivity (Wildman–Crippen MR) is 95.3 cm³/mol. The lowest BCUT2D eigenvalue weighted by Gasteiger charge is -2.06. The van der Waals surface area contributed by atoms with Crippen molar-refractivity contribution in [3.8, 4) is 0 Å². The van der Waals surface area contributed by atoms with Gasteiger partial charge in [-0.1, -0.05) is 29.0 Å². The standard InChI is InChI=1S/C17H16N2OS2/c1-10-4-6-13(11(2)8-10)16(20)19-17-18-14-7-5-12(21-3)9-15(14)22-17/h4-9H,1-3H3,(H,18,19,20).